The van der Waals surface area contributed by atoms with Gasteiger partial charge in [0, 0.05) is 11.1 Å². The number of hydrogen-bond donors (Lipinski definition) is 0. The maximum absolute atomic E-state index is 14.4. The molecule has 262 valence electrons. The van der Waals surface area contributed by atoms with Crippen molar-refractivity contribution in [2.45, 2.75) is 103 Å². The van der Waals surface area contributed by atoms with Crippen molar-refractivity contribution in [1.82, 2.24) is 0 Å². The topological polar surface area (TPSA) is 18.5 Å². The van der Waals surface area contributed by atoms with Gasteiger partial charge >= 0.3 is 12.4 Å². The van der Waals surface area contributed by atoms with Gasteiger partial charge in [0.25, 0.3) is 0 Å². The molecule has 0 atom stereocenters. The molecule has 0 aromatic heterocycles. The summed E-state index contributed by atoms with van der Waals surface area (Å²) in [4.78, 5) is 0. The van der Waals surface area contributed by atoms with Gasteiger partial charge in [-0.3, -0.25) is 0 Å². The Labute approximate surface area is 281 Å². The van der Waals surface area contributed by atoms with Crippen molar-refractivity contribution >= 4 is 23.3 Å². The molecule has 0 radical (unpaired) electrons. The number of halogens is 6. The first kappa shape index (κ1) is 38.8. The van der Waals surface area contributed by atoms with Crippen LogP contribution in [0.25, 0.3) is 23.3 Å². The fraction of sp³-hybridized carbons (Fsp3) is 0.450. The van der Waals surface area contributed by atoms with Gasteiger partial charge in [0.05, 0.1) is 24.4 Å². The lowest BCUT2D eigenvalue weighted by Gasteiger charge is -2.19. The van der Waals surface area contributed by atoms with Crippen molar-refractivity contribution in [2.24, 2.45) is 0 Å². The number of hydrogen-bond acceptors (Lipinski definition) is 2. The zero-order valence-corrected chi connectivity index (χ0v) is 28.1. The van der Waals surface area contributed by atoms with E-state index < -0.39 is 23.5 Å². The van der Waals surface area contributed by atoms with E-state index in [0.29, 0.717) is 12.8 Å². The summed E-state index contributed by atoms with van der Waals surface area (Å²) in [6.07, 6.45) is 4.27. The highest BCUT2D eigenvalue weighted by atomic mass is 19.4. The van der Waals surface area contributed by atoms with Gasteiger partial charge in [0.2, 0.25) is 0 Å². The molecule has 0 aliphatic heterocycles. The van der Waals surface area contributed by atoms with E-state index in [1.54, 1.807) is 12.1 Å². The molecule has 8 heteroatoms. The molecule has 0 N–H and O–H groups in total. The van der Waals surface area contributed by atoms with E-state index >= 15 is 0 Å². The number of unbranched alkanes of at least 4 members (excludes halogenated alkanes) is 10. The normalized spacial score (nSPS) is 12.8. The molecule has 0 aliphatic rings. The summed E-state index contributed by atoms with van der Waals surface area (Å²) in [6.45, 7) is 4.67. The van der Waals surface area contributed by atoms with Crippen LogP contribution in [0.15, 0.2) is 72.8 Å². The van der Waals surface area contributed by atoms with Crippen LogP contribution in [0.1, 0.15) is 113 Å². The molecule has 0 spiro atoms. The maximum atomic E-state index is 14.4. The van der Waals surface area contributed by atoms with Crippen LogP contribution in [0.4, 0.5) is 26.3 Å². The van der Waals surface area contributed by atoms with Crippen molar-refractivity contribution in [1.29, 1.82) is 0 Å². The second-order valence-electron chi connectivity index (χ2n) is 12.0. The fourth-order valence-electron chi connectivity index (χ4n) is 5.40. The molecular formula is C40H48F6O2. The molecule has 0 unspecified atom stereocenters. The van der Waals surface area contributed by atoms with Crippen LogP contribution in [0.5, 0.6) is 11.5 Å². The number of benzene rings is 3. The minimum atomic E-state index is -4.70. The van der Waals surface area contributed by atoms with Gasteiger partial charge in [-0.1, -0.05) is 139 Å². The lowest BCUT2D eigenvalue weighted by molar-refractivity contribution is -0.0692. The zero-order valence-electron chi connectivity index (χ0n) is 28.1. The SMILES string of the molecule is CCCCCCCCOc1cc(/C=C(/c2ccccc2)C(F)(F)F)c(OCCCCCCCC)cc1/C=C(/c1ccccc1)C(F)(F)F. The maximum Gasteiger partial charge on any atom is 0.417 e. The van der Waals surface area contributed by atoms with E-state index in [1.807, 2.05) is 0 Å². The smallest absolute Gasteiger partial charge is 0.417 e. The molecule has 0 fully saturated rings. The van der Waals surface area contributed by atoms with Crippen molar-refractivity contribution in [2.75, 3.05) is 13.2 Å². The van der Waals surface area contributed by atoms with Crippen molar-refractivity contribution < 1.29 is 35.8 Å². The highest BCUT2D eigenvalue weighted by Crippen LogP contribution is 2.41. The summed E-state index contributed by atoms with van der Waals surface area (Å²) >= 11 is 0. The number of allylic oxidation sites excluding steroid dienone is 2. The standard InChI is InChI=1S/C40H48F6O2/c1-3-5-7-9-11-19-25-47-37-29-34(28-36(40(44,45)46)32-23-17-14-18-24-32)38(48-26-20-12-10-8-6-4-2)30-33(37)27-35(39(41,42)43)31-21-15-13-16-22-31/h13-18,21-24,27-30H,3-12,19-20,25-26H2,1-2H3/b35-27-,36-28-. The Bertz CT molecular complexity index is 1300. The van der Waals surface area contributed by atoms with Crippen LogP contribution in [0.2, 0.25) is 0 Å². The number of rotatable bonds is 20. The van der Waals surface area contributed by atoms with Crippen molar-refractivity contribution in [3.05, 3.63) is 95.1 Å². The van der Waals surface area contributed by atoms with Crippen LogP contribution >= 0.6 is 0 Å². The monoisotopic (exact) mass is 674 g/mol. The summed E-state index contributed by atoms with van der Waals surface area (Å²) in [5.74, 6) is 0.128. The average molecular weight is 675 g/mol. The highest BCUT2D eigenvalue weighted by Gasteiger charge is 2.36. The lowest BCUT2D eigenvalue weighted by atomic mass is 9.98. The van der Waals surface area contributed by atoms with Gasteiger partial charge in [-0.15, -0.1) is 0 Å². The van der Waals surface area contributed by atoms with Crippen LogP contribution in [0, 0.1) is 0 Å². The molecular weight excluding hydrogens is 626 g/mol. The largest absolute Gasteiger partial charge is 0.493 e. The first-order valence-electron chi connectivity index (χ1n) is 17.2. The van der Waals surface area contributed by atoms with Gasteiger partial charge in [0.1, 0.15) is 11.5 Å². The first-order chi connectivity index (χ1) is 23.0. The van der Waals surface area contributed by atoms with Crippen LogP contribution in [-0.4, -0.2) is 25.6 Å². The summed E-state index contributed by atoms with van der Waals surface area (Å²) in [5.41, 5.74) is -1.68. The summed E-state index contributed by atoms with van der Waals surface area (Å²) in [7, 11) is 0. The van der Waals surface area contributed by atoms with Gasteiger partial charge in [-0.2, -0.15) is 26.3 Å². The predicted molar refractivity (Wildman–Crippen MR) is 185 cm³/mol. The van der Waals surface area contributed by atoms with E-state index in [9.17, 15) is 26.3 Å². The molecule has 0 aliphatic carbocycles. The molecule has 0 saturated carbocycles. The molecule has 0 amide bonds. The predicted octanol–water partition coefficient (Wildman–Crippen LogP) is 13.4. The minimum Gasteiger partial charge on any atom is -0.493 e. The molecule has 0 bridgehead atoms. The minimum absolute atomic E-state index is 0.0335. The van der Waals surface area contributed by atoms with Gasteiger partial charge in [0.15, 0.2) is 0 Å². The van der Waals surface area contributed by atoms with E-state index in [0.717, 1.165) is 76.4 Å². The molecule has 2 nitrogen and oxygen atoms in total. The van der Waals surface area contributed by atoms with Crippen LogP contribution in [0.3, 0.4) is 0 Å². The number of alkyl halides is 6. The van der Waals surface area contributed by atoms with Gasteiger partial charge < -0.3 is 9.47 Å². The zero-order chi connectivity index (χ0) is 34.8. The Balaban J connectivity index is 2.12. The van der Waals surface area contributed by atoms with E-state index in [4.69, 9.17) is 9.47 Å². The first-order valence-corrected chi connectivity index (χ1v) is 17.2. The summed E-state index contributed by atoms with van der Waals surface area (Å²) < 4.78 is 98.8. The summed E-state index contributed by atoms with van der Waals surface area (Å²) in [6, 6.07) is 17.6. The Morgan fingerprint density at radius 2 is 0.833 bits per heavy atom. The van der Waals surface area contributed by atoms with E-state index in [-0.39, 0.29) is 47.0 Å². The molecule has 3 aromatic carbocycles. The molecule has 3 rings (SSSR count). The van der Waals surface area contributed by atoms with E-state index in [2.05, 4.69) is 13.8 Å². The molecule has 48 heavy (non-hydrogen) atoms. The second kappa shape index (κ2) is 20.0. The third kappa shape index (κ3) is 13.1. The van der Waals surface area contributed by atoms with Crippen molar-refractivity contribution in [3.63, 3.8) is 0 Å². The van der Waals surface area contributed by atoms with Crippen LogP contribution in [-0.2, 0) is 0 Å². The Morgan fingerprint density at radius 3 is 1.17 bits per heavy atom. The third-order valence-electron chi connectivity index (χ3n) is 8.03. The van der Waals surface area contributed by atoms with E-state index in [1.165, 1.54) is 60.7 Å². The highest BCUT2D eigenvalue weighted by molar-refractivity contribution is 5.89. The molecule has 0 saturated heterocycles. The average Bonchev–Trinajstić information content (AvgIpc) is 3.05. The second-order valence-corrected chi connectivity index (χ2v) is 12.0. The molecule has 3 aromatic rings. The molecule has 0 heterocycles. The summed E-state index contributed by atoms with van der Waals surface area (Å²) in [5, 5.41) is 0. The lowest BCUT2D eigenvalue weighted by Crippen LogP contribution is -2.12. The number of ether oxygens (including phenoxy) is 2. The quantitative estimate of drug-likeness (QED) is 0.0675. The van der Waals surface area contributed by atoms with Gasteiger partial charge in [-0.25, -0.2) is 0 Å². The fourth-order valence-corrected chi connectivity index (χ4v) is 5.40. The van der Waals surface area contributed by atoms with Crippen molar-refractivity contribution in [3.8, 4) is 11.5 Å². The Kier molecular flexibility index (Phi) is 16.1. The van der Waals surface area contributed by atoms with Crippen LogP contribution < -0.4 is 9.47 Å². The Hall–Kier alpha value is -3.68. The Morgan fingerprint density at radius 1 is 0.500 bits per heavy atom. The van der Waals surface area contributed by atoms with Gasteiger partial charge in [-0.05, 0) is 48.3 Å². The third-order valence-corrected chi connectivity index (χ3v) is 8.03.